The zero-order chi connectivity index (χ0) is 20.3. The van der Waals surface area contributed by atoms with Crippen LogP contribution in [0.2, 0.25) is 0 Å². The van der Waals surface area contributed by atoms with Crippen molar-refractivity contribution in [2.75, 3.05) is 4.90 Å². The fourth-order valence-corrected chi connectivity index (χ4v) is 3.82. The standard InChI is InChI=1S/C23H18N4O2/c1-13-9-10-16(11-14(13)2)27-22(28)17-12-24-21-19(18(17)23(27)29)20(25-26(21)3)15-7-5-4-6-8-15/h4-12H,1-3H3. The van der Waals surface area contributed by atoms with Gasteiger partial charge < -0.3 is 0 Å². The number of imide groups is 1. The van der Waals surface area contributed by atoms with E-state index in [1.807, 2.05) is 56.3 Å². The van der Waals surface area contributed by atoms with Crippen molar-refractivity contribution < 1.29 is 9.59 Å². The molecule has 0 N–H and O–H groups in total. The average molecular weight is 382 g/mol. The van der Waals surface area contributed by atoms with Gasteiger partial charge in [-0.1, -0.05) is 36.4 Å². The lowest BCUT2D eigenvalue weighted by molar-refractivity contribution is 0.0926. The normalized spacial score (nSPS) is 13.4. The number of hydrogen-bond donors (Lipinski definition) is 0. The summed E-state index contributed by atoms with van der Waals surface area (Å²) in [6.07, 6.45) is 1.48. The maximum Gasteiger partial charge on any atom is 0.267 e. The van der Waals surface area contributed by atoms with Gasteiger partial charge in [0.1, 0.15) is 5.69 Å². The Morgan fingerprint density at radius 1 is 0.897 bits per heavy atom. The van der Waals surface area contributed by atoms with E-state index < -0.39 is 0 Å². The number of carbonyl (C=O) groups is 2. The lowest BCUT2D eigenvalue weighted by Crippen LogP contribution is -2.29. The molecule has 0 aliphatic carbocycles. The fraction of sp³-hybridized carbons (Fsp3) is 0.130. The third-order valence-corrected chi connectivity index (χ3v) is 5.50. The van der Waals surface area contributed by atoms with Crippen molar-refractivity contribution in [3.63, 3.8) is 0 Å². The van der Waals surface area contributed by atoms with Gasteiger partial charge in [0.25, 0.3) is 11.8 Å². The Bertz CT molecular complexity index is 1320. The molecule has 0 unspecified atom stereocenters. The number of fused-ring (bicyclic) bond motifs is 3. The molecule has 2 aromatic heterocycles. The average Bonchev–Trinajstić information content (AvgIpc) is 3.19. The number of hydrogen-bond acceptors (Lipinski definition) is 4. The molecule has 0 fully saturated rings. The van der Waals surface area contributed by atoms with Crippen LogP contribution in [0, 0.1) is 13.8 Å². The molecule has 6 heteroatoms. The van der Waals surface area contributed by atoms with Gasteiger partial charge >= 0.3 is 0 Å². The molecule has 3 heterocycles. The van der Waals surface area contributed by atoms with Crippen LogP contribution in [0.1, 0.15) is 31.8 Å². The van der Waals surface area contributed by atoms with Crippen molar-refractivity contribution in [3.8, 4) is 11.3 Å². The van der Waals surface area contributed by atoms with E-state index in [0.29, 0.717) is 33.5 Å². The van der Waals surface area contributed by atoms with Crippen LogP contribution in [0.25, 0.3) is 22.3 Å². The highest BCUT2D eigenvalue weighted by atomic mass is 16.2. The van der Waals surface area contributed by atoms with E-state index in [4.69, 9.17) is 0 Å². The first-order chi connectivity index (χ1) is 14.0. The zero-order valence-electron chi connectivity index (χ0n) is 16.3. The van der Waals surface area contributed by atoms with Gasteiger partial charge in [-0.25, -0.2) is 14.6 Å². The first kappa shape index (κ1) is 17.3. The number of pyridine rings is 1. The van der Waals surface area contributed by atoms with Crippen LogP contribution < -0.4 is 4.90 Å². The van der Waals surface area contributed by atoms with Crippen molar-refractivity contribution in [2.45, 2.75) is 13.8 Å². The van der Waals surface area contributed by atoms with E-state index in [0.717, 1.165) is 16.7 Å². The highest BCUT2D eigenvalue weighted by Crippen LogP contribution is 2.37. The molecule has 0 radical (unpaired) electrons. The molecule has 142 valence electrons. The van der Waals surface area contributed by atoms with Crippen molar-refractivity contribution >= 4 is 28.5 Å². The van der Waals surface area contributed by atoms with E-state index in [1.165, 1.54) is 11.1 Å². The van der Waals surface area contributed by atoms with E-state index >= 15 is 0 Å². The van der Waals surface area contributed by atoms with Crippen LogP contribution in [0.5, 0.6) is 0 Å². The summed E-state index contributed by atoms with van der Waals surface area (Å²) in [6.45, 7) is 3.96. The zero-order valence-corrected chi connectivity index (χ0v) is 16.3. The smallest absolute Gasteiger partial charge is 0.267 e. The Labute approximate surface area is 167 Å². The van der Waals surface area contributed by atoms with Gasteiger partial charge in [-0.3, -0.25) is 9.59 Å². The number of benzene rings is 2. The summed E-state index contributed by atoms with van der Waals surface area (Å²) < 4.78 is 1.65. The highest BCUT2D eigenvalue weighted by Gasteiger charge is 2.40. The van der Waals surface area contributed by atoms with Crippen molar-refractivity contribution in [2.24, 2.45) is 7.05 Å². The minimum atomic E-state index is -0.356. The molecule has 1 aliphatic heterocycles. The molecule has 6 nitrogen and oxygen atoms in total. The van der Waals surface area contributed by atoms with Crippen molar-refractivity contribution in [1.29, 1.82) is 0 Å². The molecule has 0 atom stereocenters. The quantitative estimate of drug-likeness (QED) is 0.491. The fourth-order valence-electron chi connectivity index (χ4n) is 3.82. The molecular weight excluding hydrogens is 364 g/mol. The summed E-state index contributed by atoms with van der Waals surface area (Å²) >= 11 is 0. The van der Waals surface area contributed by atoms with Crippen molar-refractivity contribution in [3.05, 3.63) is 77.0 Å². The van der Waals surface area contributed by atoms with Gasteiger partial charge in [0.15, 0.2) is 5.65 Å². The predicted molar refractivity (Wildman–Crippen MR) is 111 cm³/mol. The van der Waals surface area contributed by atoms with Crippen LogP contribution >= 0.6 is 0 Å². The minimum Gasteiger partial charge on any atom is -0.268 e. The minimum absolute atomic E-state index is 0.311. The molecular formula is C23H18N4O2. The number of nitrogens with zero attached hydrogens (tertiary/aromatic N) is 4. The number of aromatic nitrogens is 3. The molecule has 0 saturated carbocycles. The van der Waals surface area contributed by atoms with Crippen LogP contribution in [-0.2, 0) is 7.05 Å². The molecule has 1 aliphatic rings. The second-order valence-electron chi connectivity index (χ2n) is 7.30. The van der Waals surface area contributed by atoms with Gasteiger partial charge in [0.05, 0.1) is 22.2 Å². The van der Waals surface area contributed by atoms with Crippen molar-refractivity contribution in [1.82, 2.24) is 14.8 Å². The number of anilines is 1. The van der Waals surface area contributed by atoms with E-state index in [1.54, 1.807) is 17.8 Å². The Kier molecular flexibility index (Phi) is 3.64. The van der Waals surface area contributed by atoms with Gasteiger partial charge in [-0.2, -0.15) is 5.10 Å². The Hall–Kier alpha value is -3.80. The molecule has 29 heavy (non-hydrogen) atoms. The predicted octanol–water partition coefficient (Wildman–Crippen LogP) is 4.05. The first-order valence-corrected chi connectivity index (χ1v) is 9.34. The number of amides is 2. The highest BCUT2D eigenvalue weighted by molar-refractivity contribution is 6.38. The summed E-state index contributed by atoms with van der Waals surface area (Å²) in [4.78, 5) is 32.3. The summed E-state index contributed by atoms with van der Waals surface area (Å²) in [5.41, 5.74) is 5.47. The molecule has 0 bridgehead atoms. The van der Waals surface area contributed by atoms with Crippen LogP contribution in [0.4, 0.5) is 5.69 Å². The van der Waals surface area contributed by atoms with Crippen LogP contribution in [0.15, 0.2) is 54.7 Å². The number of carbonyl (C=O) groups excluding carboxylic acids is 2. The molecule has 5 rings (SSSR count). The summed E-state index contributed by atoms with van der Waals surface area (Å²) in [7, 11) is 1.79. The molecule has 2 aromatic carbocycles. The monoisotopic (exact) mass is 382 g/mol. The Morgan fingerprint density at radius 3 is 2.38 bits per heavy atom. The SMILES string of the molecule is Cc1ccc(N2C(=O)c3cnc4c(c(-c5ccccc5)nn4C)c3C2=O)cc1C. The molecule has 4 aromatic rings. The third kappa shape index (κ3) is 2.42. The molecule has 2 amide bonds. The Balaban J connectivity index is 1.76. The first-order valence-electron chi connectivity index (χ1n) is 9.34. The summed E-state index contributed by atoms with van der Waals surface area (Å²) in [5.74, 6) is -0.698. The molecule has 0 saturated heterocycles. The van der Waals surface area contributed by atoms with Gasteiger partial charge in [-0.05, 0) is 37.1 Å². The van der Waals surface area contributed by atoms with Gasteiger partial charge in [0, 0.05) is 18.8 Å². The number of aryl methyl sites for hydroxylation is 3. The third-order valence-electron chi connectivity index (χ3n) is 5.50. The van der Waals surface area contributed by atoms with Crippen LogP contribution in [0.3, 0.4) is 0 Å². The van der Waals surface area contributed by atoms with E-state index in [2.05, 4.69) is 10.1 Å². The van der Waals surface area contributed by atoms with E-state index in [-0.39, 0.29) is 11.8 Å². The lowest BCUT2D eigenvalue weighted by Gasteiger charge is -2.15. The lowest BCUT2D eigenvalue weighted by atomic mass is 10.0. The van der Waals surface area contributed by atoms with Gasteiger partial charge in [-0.15, -0.1) is 0 Å². The summed E-state index contributed by atoms with van der Waals surface area (Å²) in [6, 6.07) is 15.2. The maximum absolute atomic E-state index is 13.5. The van der Waals surface area contributed by atoms with Gasteiger partial charge in [0.2, 0.25) is 0 Å². The largest absolute Gasteiger partial charge is 0.268 e. The topological polar surface area (TPSA) is 68.1 Å². The summed E-state index contributed by atoms with van der Waals surface area (Å²) in [5, 5.41) is 5.20. The van der Waals surface area contributed by atoms with Crippen LogP contribution in [-0.4, -0.2) is 26.6 Å². The second kappa shape index (κ2) is 6.10. The van der Waals surface area contributed by atoms with E-state index in [9.17, 15) is 9.59 Å². The Morgan fingerprint density at radius 2 is 1.66 bits per heavy atom. The number of rotatable bonds is 2. The maximum atomic E-state index is 13.5. The second-order valence-corrected chi connectivity index (χ2v) is 7.30. The molecule has 0 spiro atoms.